The van der Waals surface area contributed by atoms with E-state index in [-0.39, 0.29) is 47.5 Å². The van der Waals surface area contributed by atoms with Gasteiger partial charge in [-0.15, -0.1) is 0 Å². The molecule has 184 valence electrons. The number of nitrogens with zero attached hydrogens (tertiary/aromatic N) is 1. The second kappa shape index (κ2) is 10.3. The third-order valence-electron chi connectivity index (χ3n) is 7.48. The predicted octanol–water partition coefficient (Wildman–Crippen LogP) is 2.94. The molecule has 0 bridgehead atoms. The molecule has 2 saturated heterocycles. The van der Waals surface area contributed by atoms with E-state index in [1.807, 2.05) is 6.92 Å². The molecule has 2 heterocycles. The summed E-state index contributed by atoms with van der Waals surface area (Å²) in [4.78, 5) is 53.1. The largest absolute Gasteiger partial charge is 0.367 e. The number of hydrogen-bond donors (Lipinski definition) is 2. The van der Waals surface area contributed by atoms with Gasteiger partial charge in [0, 0.05) is 40.0 Å². The van der Waals surface area contributed by atoms with Crippen molar-refractivity contribution >= 4 is 51.8 Å². The minimum Gasteiger partial charge on any atom is -0.367 e. The molecule has 9 heteroatoms. The molecule has 3 aliphatic rings. The topological polar surface area (TPSA) is 105 Å². The van der Waals surface area contributed by atoms with Crippen LogP contribution < -0.4 is 10.6 Å². The SMILES string of the molecule is CCC(=O)Nc1ccc(C(=O)N[C@H](C(=O)N2C[C@@H](C)[C@H]3OCC(=O)[C@H]32)C2(CI)CCCC2)cc1. The first kappa shape index (κ1) is 25.1. The molecule has 1 saturated carbocycles. The maximum atomic E-state index is 14.0. The second-order valence-corrected chi connectivity index (χ2v) is 10.5. The van der Waals surface area contributed by atoms with E-state index >= 15 is 0 Å². The Balaban J connectivity index is 1.57. The van der Waals surface area contributed by atoms with Gasteiger partial charge in [0.25, 0.3) is 5.91 Å². The van der Waals surface area contributed by atoms with Crippen molar-refractivity contribution in [3.05, 3.63) is 29.8 Å². The molecule has 0 unspecified atom stereocenters. The number of anilines is 1. The smallest absolute Gasteiger partial charge is 0.251 e. The van der Waals surface area contributed by atoms with Gasteiger partial charge < -0.3 is 20.3 Å². The molecule has 0 radical (unpaired) electrons. The molecule has 4 rings (SSSR count). The number of rotatable bonds is 7. The number of Topliss-reactive ketones (excluding diaryl/α,β-unsaturated/α-hetero) is 1. The highest BCUT2D eigenvalue weighted by atomic mass is 127. The van der Waals surface area contributed by atoms with Gasteiger partial charge in [-0.25, -0.2) is 0 Å². The first-order valence-corrected chi connectivity index (χ1v) is 13.5. The molecule has 0 spiro atoms. The van der Waals surface area contributed by atoms with Gasteiger partial charge in [-0.3, -0.25) is 19.2 Å². The number of nitrogens with one attached hydrogen (secondary N) is 2. The number of amides is 3. The number of halogens is 1. The Hall–Kier alpha value is -2.01. The number of carbonyl (C=O) groups excluding carboxylic acids is 4. The van der Waals surface area contributed by atoms with Crippen LogP contribution in [-0.2, 0) is 19.1 Å². The Kier molecular flexibility index (Phi) is 7.61. The zero-order valence-corrected chi connectivity index (χ0v) is 21.8. The van der Waals surface area contributed by atoms with E-state index in [1.165, 1.54) is 0 Å². The summed E-state index contributed by atoms with van der Waals surface area (Å²) in [6, 6.07) is 5.40. The fourth-order valence-electron chi connectivity index (χ4n) is 5.51. The van der Waals surface area contributed by atoms with Crippen LogP contribution in [0.15, 0.2) is 24.3 Å². The Morgan fingerprint density at radius 2 is 1.88 bits per heavy atom. The predicted molar refractivity (Wildman–Crippen MR) is 136 cm³/mol. The average Bonchev–Trinajstić information content (AvgIpc) is 3.55. The van der Waals surface area contributed by atoms with E-state index in [4.69, 9.17) is 4.74 Å². The fraction of sp³-hybridized carbons (Fsp3) is 0.600. The lowest BCUT2D eigenvalue weighted by atomic mass is 9.79. The van der Waals surface area contributed by atoms with Gasteiger partial charge in [0.1, 0.15) is 18.7 Å². The van der Waals surface area contributed by atoms with Gasteiger partial charge in [0.05, 0.1) is 6.10 Å². The number of carbonyl (C=O) groups is 4. The van der Waals surface area contributed by atoms with Crippen molar-refractivity contribution in [2.75, 3.05) is 22.9 Å². The number of likely N-dealkylation sites (tertiary alicyclic amines) is 1. The maximum absolute atomic E-state index is 14.0. The van der Waals surface area contributed by atoms with Crippen molar-refractivity contribution in [2.24, 2.45) is 11.3 Å². The van der Waals surface area contributed by atoms with Crippen molar-refractivity contribution in [3.63, 3.8) is 0 Å². The van der Waals surface area contributed by atoms with E-state index in [0.29, 0.717) is 24.2 Å². The Labute approximate surface area is 213 Å². The summed E-state index contributed by atoms with van der Waals surface area (Å²) >= 11 is 2.32. The Bertz CT molecular complexity index is 960. The summed E-state index contributed by atoms with van der Waals surface area (Å²) in [6.45, 7) is 4.27. The first-order chi connectivity index (χ1) is 16.3. The third kappa shape index (κ3) is 4.73. The van der Waals surface area contributed by atoms with Crippen LogP contribution in [0.25, 0.3) is 0 Å². The molecule has 0 aromatic heterocycles. The van der Waals surface area contributed by atoms with Crippen LogP contribution in [0, 0.1) is 11.3 Å². The van der Waals surface area contributed by atoms with E-state index in [1.54, 1.807) is 36.1 Å². The summed E-state index contributed by atoms with van der Waals surface area (Å²) in [5.41, 5.74) is 0.695. The molecule has 1 aromatic rings. The number of hydrogen-bond acceptors (Lipinski definition) is 5. The standard InChI is InChI=1S/C25H32IN3O5/c1-3-19(31)27-17-8-6-16(7-9-17)23(32)28-22(25(14-26)10-4-5-11-25)24(33)29-12-15(2)21-20(29)18(30)13-34-21/h6-9,15,20-22H,3-5,10-14H2,1-2H3,(H,27,31)(H,28,32)/t15-,20-,21-,22-/m1/s1. The Morgan fingerprint density at radius 1 is 1.21 bits per heavy atom. The van der Waals surface area contributed by atoms with E-state index < -0.39 is 12.1 Å². The highest BCUT2D eigenvalue weighted by Crippen LogP contribution is 2.44. The van der Waals surface area contributed by atoms with Crippen LogP contribution in [0.4, 0.5) is 5.69 Å². The van der Waals surface area contributed by atoms with Crippen molar-refractivity contribution in [3.8, 4) is 0 Å². The molecule has 2 N–H and O–H groups in total. The summed E-state index contributed by atoms with van der Waals surface area (Å²) < 4.78 is 6.41. The van der Waals surface area contributed by atoms with Gasteiger partial charge in [-0.05, 0) is 37.1 Å². The number of benzene rings is 1. The molecule has 4 atom stereocenters. The number of fused-ring (bicyclic) bond motifs is 1. The quantitative estimate of drug-likeness (QED) is 0.381. The van der Waals surface area contributed by atoms with Crippen LogP contribution in [0.5, 0.6) is 0 Å². The summed E-state index contributed by atoms with van der Waals surface area (Å²) in [5.74, 6) is -0.608. The summed E-state index contributed by atoms with van der Waals surface area (Å²) in [5, 5.41) is 5.82. The van der Waals surface area contributed by atoms with Gasteiger partial charge in [-0.1, -0.05) is 49.3 Å². The van der Waals surface area contributed by atoms with Crippen LogP contribution in [0.1, 0.15) is 56.3 Å². The van der Waals surface area contributed by atoms with Crippen LogP contribution >= 0.6 is 22.6 Å². The lowest BCUT2D eigenvalue weighted by Gasteiger charge is -2.38. The molecule has 2 aliphatic heterocycles. The summed E-state index contributed by atoms with van der Waals surface area (Å²) in [6.07, 6.45) is 3.85. The minimum atomic E-state index is -0.710. The van der Waals surface area contributed by atoms with Crippen LogP contribution in [0.3, 0.4) is 0 Å². The number of alkyl halides is 1. The van der Waals surface area contributed by atoms with Crippen LogP contribution in [0.2, 0.25) is 0 Å². The van der Waals surface area contributed by atoms with E-state index in [9.17, 15) is 19.2 Å². The molecule has 1 aromatic carbocycles. The van der Waals surface area contributed by atoms with Crippen LogP contribution in [-0.4, -0.2) is 64.2 Å². The van der Waals surface area contributed by atoms with Crippen molar-refractivity contribution in [1.82, 2.24) is 10.2 Å². The molecule has 3 fully saturated rings. The Morgan fingerprint density at radius 3 is 2.50 bits per heavy atom. The van der Waals surface area contributed by atoms with Crippen molar-refractivity contribution in [2.45, 2.75) is 64.1 Å². The average molecular weight is 581 g/mol. The fourth-order valence-corrected chi connectivity index (χ4v) is 6.71. The van der Waals surface area contributed by atoms with E-state index in [0.717, 1.165) is 30.1 Å². The number of ether oxygens (including phenoxy) is 1. The molecular formula is C25H32IN3O5. The first-order valence-electron chi connectivity index (χ1n) is 12.0. The normalized spacial score (nSPS) is 26.3. The van der Waals surface area contributed by atoms with Gasteiger partial charge in [-0.2, -0.15) is 0 Å². The van der Waals surface area contributed by atoms with Gasteiger partial charge in [0.15, 0.2) is 5.78 Å². The monoisotopic (exact) mass is 581 g/mol. The van der Waals surface area contributed by atoms with Gasteiger partial charge in [0.2, 0.25) is 11.8 Å². The third-order valence-corrected chi connectivity index (χ3v) is 8.99. The zero-order valence-electron chi connectivity index (χ0n) is 19.6. The zero-order chi connectivity index (χ0) is 24.5. The molecular weight excluding hydrogens is 549 g/mol. The van der Waals surface area contributed by atoms with Gasteiger partial charge >= 0.3 is 0 Å². The number of ketones is 1. The molecule has 34 heavy (non-hydrogen) atoms. The maximum Gasteiger partial charge on any atom is 0.251 e. The minimum absolute atomic E-state index is 0.0405. The highest BCUT2D eigenvalue weighted by molar-refractivity contribution is 14.1. The van der Waals surface area contributed by atoms with Crippen molar-refractivity contribution < 1.29 is 23.9 Å². The molecule has 3 amide bonds. The molecule has 8 nitrogen and oxygen atoms in total. The highest BCUT2D eigenvalue weighted by Gasteiger charge is 2.54. The lowest BCUT2D eigenvalue weighted by molar-refractivity contribution is -0.140. The molecule has 1 aliphatic carbocycles. The van der Waals surface area contributed by atoms with E-state index in [2.05, 4.69) is 33.2 Å². The lowest BCUT2D eigenvalue weighted by Crippen LogP contribution is -2.59. The van der Waals surface area contributed by atoms with Crippen molar-refractivity contribution in [1.29, 1.82) is 0 Å². The second-order valence-electron chi connectivity index (χ2n) is 9.74. The summed E-state index contributed by atoms with van der Waals surface area (Å²) in [7, 11) is 0.